The van der Waals surface area contributed by atoms with Crippen LogP contribution in [0.15, 0.2) is 35.7 Å². The molecule has 5 nitrogen and oxygen atoms in total. The van der Waals surface area contributed by atoms with Gasteiger partial charge in [-0.15, -0.1) is 21.5 Å². The van der Waals surface area contributed by atoms with Crippen LogP contribution in [0, 0.1) is 0 Å². The van der Waals surface area contributed by atoms with Crippen LogP contribution in [-0.2, 0) is 17.6 Å². The third-order valence-corrected chi connectivity index (χ3v) is 4.85. The highest BCUT2D eigenvalue weighted by Crippen LogP contribution is 2.23. The number of carbonyl (C=O) groups excluding carboxylic acids is 1. The number of anilines is 1. The minimum Gasteiger partial charge on any atom is -0.300 e. The molecule has 0 aliphatic rings. The molecule has 22 heavy (non-hydrogen) atoms. The summed E-state index contributed by atoms with van der Waals surface area (Å²) in [7, 11) is 0. The van der Waals surface area contributed by atoms with Gasteiger partial charge in [0.1, 0.15) is 10.0 Å². The Kier molecular flexibility index (Phi) is 4.55. The summed E-state index contributed by atoms with van der Waals surface area (Å²) in [5, 5.41) is 15.0. The van der Waals surface area contributed by atoms with Gasteiger partial charge in [0.2, 0.25) is 11.0 Å². The Hall–Kier alpha value is -2.12. The molecule has 7 heteroatoms. The van der Waals surface area contributed by atoms with Gasteiger partial charge in [-0.1, -0.05) is 48.6 Å². The summed E-state index contributed by atoms with van der Waals surface area (Å²) in [5.41, 5.74) is 1.83. The lowest BCUT2D eigenvalue weighted by atomic mass is 10.2. The third-order valence-electron chi connectivity index (χ3n) is 2.93. The Balaban J connectivity index is 1.63. The predicted octanol–water partition coefficient (Wildman–Crippen LogP) is 3.41. The van der Waals surface area contributed by atoms with Crippen molar-refractivity contribution < 1.29 is 4.79 Å². The van der Waals surface area contributed by atoms with E-state index in [4.69, 9.17) is 0 Å². The van der Waals surface area contributed by atoms with Crippen LogP contribution in [-0.4, -0.2) is 21.1 Å². The quantitative estimate of drug-likeness (QED) is 0.778. The number of benzene rings is 1. The fourth-order valence-corrected chi connectivity index (χ4v) is 3.40. The number of nitrogens with zero attached hydrogens (tertiary/aromatic N) is 3. The normalized spacial score (nSPS) is 10.6. The highest BCUT2D eigenvalue weighted by molar-refractivity contribution is 7.15. The van der Waals surface area contributed by atoms with Crippen LogP contribution in [0.4, 0.5) is 5.13 Å². The minimum atomic E-state index is -0.122. The number of amides is 1. The molecule has 1 amide bonds. The second kappa shape index (κ2) is 6.76. The molecule has 2 aromatic heterocycles. The highest BCUT2D eigenvalue weighted by Gasteiger charge is 2.11. The van der Waals surface area contributed by atoms with Gasteiger partial charge in [0.25, 0.3) is 0 Å². The lowest BCUT2D eigenvalue weighted by Crippen LogP contribution is -2.14. The maximum atomic E-state index is 12.0. The van der Waals surface area contributed by atoms with Crippen molar-refractivity contribution in [1.82, 2.24) is 15.2 Å². The van der Waals surface area contributed by atoms with Gasteiger partial charge in [0.05, 0.1) is 12.1 Å². The van der Waals surface area contributed by atoms with Gasteiger partial charge in [-0.2, -0.15) is 0 Å². The summed E-state index contributed by atoms with van der Waals surface area (Å²) in [4.78, 5) is 16.5. The van der Waals surface area contributed by atoms with Gasteiger partial charge in [-0.25, -0.2) is 4.98 Å². The lowest BCUT2D eigenvalue weighted by Gasteiger charge is -1.98. The van der Waals surface area contributed by atoms with E-state index in [1.54, 1.807) is 11.3 Å². The van der Waals surface area contributed by atoms with E-state index >= 15 is 0 Å². The zero-order valence-corrected chi connectivity index (χ0v) is 13.6. The van der Waals surface area contributed by atoms with Crippen molar-refractivity contribution in [1.29, 1.82) is 0 Å². The zero-order chi connectivity index (χ0) is 15.4. The Morgan fingerprint density at radius 2 is 2.05 bits per heavy atom. The van der Waals surface area contributed by atoms with Gasteiger partial charge in [0.15, 0.2) is 0 Å². The second-order valence-electron chi connectivity index (χ2n) is 4.59. The number of hydrogen-bond acceptors (Lipinski definition) is 6. The molecule has 0 bridgehead atoms. The van der Waals surface area contributed by atoms with Crippen molar-refractivity contribution in [3.63, 3.8) is 0 Å². The second-order valence-corrected chi connectivity index (χ2v) is 6.51. The topological polar surface area (TPSA) is 67.8 Å². The van der Waals surface area contributed by atoms with E-state index in [1.807, 2.05) is 42.6 Å². The average molecular weight is 330 g/mol. The maximum Gasteiger partial charge on any atom is 0.232 e. The molecule has 3 aromatic rings. The van der Waals surface area contributed by atoms with Crippen molar-refractivity contribution in [2.24, 2.45) is 0 Å². The summed E-state index contributed by atoms with van der Waals surface area (Å²) in [6.07, 6.45) is 1.06. The van der Waals surface area contributed by atoms with Crippen LogP contribution in [0.25, 0.3) is 10.6 Å². The molecule has 1 N–H and O–H groups in total. The van der Waals surface area contributed by atoms with E-state index < -0.39 is 0 Å². The Morgan fingerprint density at radius 3 is 2.77 bits per heavy atom. The predicted molar refractivity (Wildman–Crippen MR) is 89.2 cm³/mol. The van der Waals surface area contributed by atoms with Crippen LogP contribution < -0.4 is 5.32 Å². The molecule has 112 valence electrons. The standard InChI is InChI=1S/C15H14N4OS2/c1-2-13-18-19-15(22-13)17-12(20)8-11-9-21-14(16-11)10-6-4-3-5-7-10/h3-7,9H,2,8H2,1H3,(H,17,19,20). The van der Waals surface area contributed by atoms with E-state index in [2.05, 4.69) is 20.5 Å². The molecule has 0 saturated heterocycles. The van der Waals surface area contributed by atoms with Crippen LogP contribution >= 0.6 is 22.7 Å². The number of aromatic nitrogens is 3. The van der Waals surface area contributed by atoms with E-state index in [0.29, 0.717) is 5.13 Å². The molecular formula is C15H14N4OS2. The molecule has 0 atom stereocenters. The maximum absolute atomic E-state index is 12.0. The van der Waals surface area contributed by atoms with Crippen molar-refractivity contribution in [3.8, 4) is 10.6 Å². The molecule has 0 unspecified atom stereocenters. The number of aryl methyl sites for hydroxylation is 1. The van der Waals surface area contributed by atoms with Gasteiger partial charge in [-0.3, -0.25) is 4.79 Å². The van der Waals surface area contributed by atoms with Crippen LogP contribution in [0.3, 0.4) is 0 Å². The third kappa shape index (κ3) is 3.55. The van der Waals surface area contributed by atoms with Gasteiger partial charge in [0, 0.05) is 10.9 Å². The monoisotopic (exact) mass is 330 g/mol. The molecule has 2 heterocycles. The number of nitrogens with one attached hydrogen (secondary N) is 1. The summed E-state index contributed by atoms with van der Waals surface area (Å²) in [5.74, 6) is -0.122. The molecule has 0 aliphatic carbocycles. The highest BCUT2D eigenvalue weighted by atomic mass is 32.1. The lowest BCUT2D eigenvalue weighted by molar-refractivity contribution is -0.115. The van der Waals surface area contributed by atoms with Crippen LogP contribution in [0.2, 0.25) is 0 Å². The van der Waals surface area contributed by atoms with Gasteiger partial charge < -0.3 is 5.32 Å². The Labute approximate surface area is 136 Å². The molecule has 0 saturated carbocycles. The first-order valence-electron chi connectivity index (χ1n) is 6.86. The summed E-state index contributed by atoms with van der Waals surface area (Å²) in [6, 6.07) is 9.94. The first kappa shape index (κ1) is 14.8. The Morgan fingerprint density at radius 1 is 1.23 bits per heavy atom. The number of rotatable bonds is 5. The minimum absolute atomic E-state index is 0.122. The van der Waals surface area contributed by atoms with Crippen molar-refractivity contribution in [3.05, 3.63) is 46.4 Å². The smallest absolute Gasteiger partial charge is 0.232 e. The van der Waals surface area contributed by atoms with Gasteiger partial charge >= 0.3 is 0 Å². The van der Waals surface area contributed by atoms with Crippen LogP contribution in [0.1, 0.15) is 17.6 Å². The number of hydrogen-bond donors (Lipinski definition) is 1. The SMILES string of the molecule is CCc1nnc(NC(=O)Cc2csc(-c3ccccc3)n2)s1. The van der Waals surface area contributed by atoms with E-state index in [-0.39, 0.29) is 12.3 Å². The van der Waals surface area contributed by atoms with E-state index in [0.717, 1.165) is 27.7 Å². The summed E-state index contributed by atoms with van der Waals surface area (Å²) in [6.45, 7) is 2.01. The molecule has 0 radical (unpaired) electrons. The fraction of sp³-hybridized carbons (Fsp3) is 0.200. The molecule has 0 spiro atoms. The average Bonchev–Trinajstić information content (AvgIpc) is 3.17. The van der Waals surface area contributed by atoms with E-state index in [9.17, 15) is 4.79 Å². The van der Waals surface area contributed by atoms with Crippen LogP contribution in [0.5, 0.6) is 0 Å². The zero-order valence-electron chi connectivity index (χ0n) is 11.9. The molecule has 0 aliphatic heterocycles. The first-order chi connectivity index (χ1) is 10.7. The molecular weight excluding hydrogens is 316 g/mol. The van der Waals surface area contributed by atoms with Crippen molar-refractivity contribution in [2.45, 2.75) is 19.8 Å². The van der Waals surface area contributed by atoms with E-state index in [1.165, 1.54) is 11.3 Å². The number of thiazole rings is 1. The first-order valence-corrected chi connectivity index (χ1v) is 8.56. The molecule has 1 aromatic carbocycles. The summed E-state index contributed by atoms with van der Waals surface area (Å²) < 4.78 is 0. The summed E-state index contributed by atoms with van der Waals surface area (Å²) >= 11 is 2.94. The Bertz CT molecular complexity index is 767. The van der Waals surface area contributed by atoms with Crippen molar-refractivity contribution in [2.75, 3.05) is 5.32 Å². The molecule has 3 rings (SSSR count). The largest absolute Gasteiger partial charge is 0.300 e. The fourth-order valence-electron chi connectivity index (χ4n) is 1.88. The number of carbonyl (C=O) groups is 1. The molecule has 0 fully saturated rings. The van der Waals surface area contributed by atoms with Crippen molar-refractivity contribution >= 4 is 33.7 Å². The van der Waals surface area contributed by atoms with Gasteiger partial charge in [-0.05, 0) is 6.42 Å².